The molecule has 24 heavy (non-hydrogen) atoms. The third-order valence-electron chi connectivity index (χ3n) is 3.51. The normalized spacial score (nSPS) is 10.3. The Morgan fingerprint density at radius 3 is 2.58 bits per heavy atom. The number of para-hydroxylation sites is 2. The average Bonchev–Trinajstić information content (AvgIpc) is 2.59. The molecule has 2 rings (SSSR count). The Hall–Kier alpha value is -1.91. The highest BCUT2D eigenvalue weighted by molar-refractivity contribution is 6.35. The second kappa shape index (κ2) is 8.81. The Labute approximate surface area is 151 Å². The highest BCUT2D eigenvalue weighted by atomic mass is 35.5. The van der Waals surface area contributed by atoms with Crippen LogP contribution in [0, 0.1) is 0 Å². The van der Waals surface area contributed by atoms with E-state index >= 15 is 0 Å². The molecule has 0 bridgehead atoms. The lowest BCUT2D eigenvalue weighted by Gasteiger charge is -2.20. The molecule has 6 heteroatoms. The smallest absolute Gasteiger partial charge is 0.226 e. The number of hydrogen-bond donors (Lipinski definition) is 0. The highest BCUT2D eigenvalue weighted by Gasteiger charge is 2.14. The Kier molecular flexibility index (Phi) is 6.76. The SMILES string of the molecule is COc1ccccc1N(C)C(=O)CCCOc1ccc(Cl)cc1Cl. The van der Waals surface area contributed by atoms with Crippen LogP contribution in [0.4, 0.5) is 5.69 Å². The number of benzene rings is 2. The van der Waals surface area contributed by atoms with Crippen LogP contribution in [0.5, 0.6) is 11.5 Å². The minimum absolute atomic E-state index is 0.00898. The number of anilines is 1. The molecule has 0 aliphatic rings. The molecule has 2 aromatic carbocycles. The topological polar surface area (TPSA) is 38.8 Å². The number of hydrogen-bond acceptors (Lipinski definition) is 3. The summed E-state index contributed by atoms with van der Waals surface area (Å²) < 4.78 is 10.9. The predicted octanol–water partition coefficient (Wildman–Crippen LogP) is 4.82. The highest BCUT2D eigenvalue weighted by Crippen LogP contribution is 2.28. The van der Waals surface area contributed by atoms with E-state index in [0.717, 1.165) is 5.69 Å². The number of amides is 1. The number of carbonyl (C=O) groups excluding carboxylic acids is 1. The molecule has 128 valence electrons. The van der Waals surface area contributed by atoms with E-state index < -0.39 is 0 Å². The van der Waals surface area contributed by atoms with E-state index in [9.17, 15) is 4.79 Å². The Balaban J connectivity index is 1.84. The van der Waals surface area contributed by atoms with Gasteiger partial charge in [-0.1, -0.05) is 35.3 Å². The van der Waals surface area contributed by atoms with Gasteiger partial charge in [-0.2, -0.15) is 0 Å². The quantitative estimate of drug-likeness (QED) is 0.658. The third-order valence-corrected chi connectivity index (χ3v) is 4.04. The van der Waals surface area contributed by atoms with Crippen molar-refractivity contribution in [3.63, 3.8) is 0 Å². The first-order valence-corrected chi connectivity index (χ1v) is 8.26. The van der Waals surface area contributed by atoms with Crippen LogP contribution >= 0.6 is 23.2 Å². The summed E-state index contributed by atoms with van der Waals surface area (Å²) in [6.45, 7) is 0.396. The molecule has 0 atom stereocenters. The van der Waals surface area contributed by atoms with E-state index in [1.807, 2.05) is 24.3 Å². The maximum Gasteiger partial charge on any atom is 0.226 e. The minimum atomic E-state index is -0.00898. The van der Waals surface area contributed by atoms with E-state index in [1.165, 1.54) is 0 Å². The van der Waals surface area contributed by atoms with E-state index in [1.54, 1.807) is 37.3 Å². The minimum Gasteiger partial charge on any atom is -0.495 e. The van der Waals surface area contributed by atoms with Crippen molar-refractivity contribution in [3.05, 3.63) is 52.5 Å². The van der Waals surface area contributed by atoms with E-state index in [0.29, 0.717) is 41.0 Å². The van der Waals surface area contributed by atoms with Gasteiger partial charge in [0.05, 0.1) is 24.4 Å². The molecule has 1 amide bonds. The van der Waals surface area contributed by atoms with Crippen LogP contribution < -0.4 is 14.4 Å². The molecular formula is C18H19Cl2NO3. The number of ether oxygens (including phenoxy) is 2. The van der Waals surface area contributed by atoms with Gasteiger partial charge < -0.3 is 14.4 Å². The first kappa shape index (κ1) is 18.4. The number of nitrogens with zero attached hydrogens (tertiary/aromatic N) is 1. The summed E-state index contributed by atoms with van der Waals surface area (Å²) in [6, 6.07) is 12.5. The van der Waals surface area contributed by atoms with Crippen molar-refractivity contribution < 1.29 is 14.3 Å². The van der Waals surface area contributed by atoms with Gasteiger partial charge in [-0.05, 0) is 36.8 Å². The fourth-order valence-electron chi connectivity index (χ4n) is 2.21. The molecule has 0 fully saturated rings. The van der Waals surface area contributed by atoms with Crippen LogP contribution in [0.1, 0.15) is 12.8 Å². The van der Waals surface area contributed by atoms with Crippen molar-refractivity contribution in [2.75, 3.05) is 25.7 Å². The fraction of sp³-hybridized carbons (Fsp3) is 0.278. The molecule has 4 nitrogen and oxygen atoms in total. The number of halogens is 2. The van der Waals surface area contributed by atoms with E-state index in [2.05, 4.69) is 0 Å². The molecule has 0 heterocycles. The monoisotopic (exact) mass is 367 g/mol. The van der Waals surface area contributed by atoms with Gasteiger partial charge in [-0.3, -0.25) is 4.79 Å². The van der Waals surface area contributed by atoms with Gasteiger partial charge in [0.1, 0.15) is 11.5 Å². The van der Waals surface area contributed by atoms with Crippen LogP contribution in [0.25, 0.3) is 0 Å². The van der Waals surface area contributed by atoms with Crippen molar-refractivity contribution in [2.24, 2.45) is 0 Å². The van der Waals surface area contributed by atoms with Crippen molar-refractivity contribution in [2.45, 2.75) is 12.8 Å². The molecule has 0 aromatic heterocycles. The van der Waals surface area contributed by atoms with Gasteiger partial charge >= 0.3 is 0 Å². The average molecular weight is 368 g/mol. The van der Waals surface area contributed by atoms with Gasteiger partial charge in [-0.25, -0.2) is 0 Å². The van der Waals surface area contributed by atoms with Crippen molar-refractivity contribution in [1.29, 1.82) is 0 Å². The summed E-state index contributed by atoms with van der Waals surface area (Å²) in [5.41, 5.74) is 0.742. The number of carbonyl (C=O) groups is 1. The van der Waals surface area contributed by atoms with Crippen molar-refractivity contribution in [1.82, 2.24) is 0 Å². The summed E-state index contributed by atoms with van der Waals surface area (Å²) in [6.07, 6.45) is 0.942. The first-order chi connectivity index (χ1) is 11.5. The maximum absolute atomic E-state index is 12.3. The zero-order valence-corrected chi connectivity index (χ0v) is 15.1. The first-order valence-electron chi connectivity index (χ1n) is 7.50. The van der Waals surface area contributed by atoms with Crippen LogP contribution in [-0.2, 0) is 4.79 Å². The molecule has 0 spiro atoms. The van der Waals surface area contributed by atoms with E-state index in [-0.39, 0.29) is 5.91 Å². The van der Waals surface area contributed by atoms with Gasteiger partial charge in [-0.15, -0.1) is 0 Å². The lowest BCUT2D eigenvalue weighted by atomic mass is 10.2. The Morgan fingerprint density at radius 1 is 1.12 bits per heavy atom. The second-order valence-corrected chi connectivity index (χ2v) is 5.99. The van der Waals surface area contributed by atoms with Gasteiger partial charge in [0.25, 0.3) is 0 Å². The van der Waals surface area contributed by atoms with Crippen LogP contribution in [0.3, 0.4) is 0 Å². The number of methoxy groups -OCH3 is 1. The zero-order chi connectivity index (χ0) is 17.5. The second-order valence-electron chi connectivity index (χ2n) is 5.15. The molecule has 0 aliphatic heterocycles. The number of rotatable bonds is 7. The van der Waals surface area contributed by atoms with Gasteiger partial charge in [0.15, 0.2) is 0 Å². The van der Waals surface area contributed by atoms with Crippen molar-refractivity contribution >= 4 is 34.8 Å². The predicted molar refractivity (Wildman–Crippen MR) is 97.6 cm³/mol. The Morgan fingerprint density at radius 2 is 1.88 bits per heavy atom. The summed E-state index contributed by atoms with van der Waals surface area (Å²) in [4.78, 5) is 13.9. The fourth-order valence-corrected chi connectivity index (χ4v) is 2.67. The molecule has 0 saturated heterocycles. The molecule has 0 radical (unpaired) electrons. The Bertz CT molecular complexity index is 706. The molecule has 0 aliphatic carbocycles. The van der Waals surface area contributed by atoms with Crippen LogP contribution in [0.15, 0.2) is 42.5 Å². The van der Waals surface area contributed by atoms with Crippen LogP contribution in [-0.4, -0.2) is 26.7 Å². The van der Waals surface area contributed by atoms with Gasteiger partial charge in [0.2, 0.25) is 5.91 Å². The van der Waals surface area contributed by atoms with Crippen LogP contribution in [0.2, 0.25) is 10.0 Å². The molecule has 0 N–H and O–H groups in total. The van der Waals surface area contributed by atoms with Gasteiger partial charge in [0, 0.05) is 18.5 Å². The summed E-state index contributed by atoms with van der Waals surface area (Å²) >= 11 is 11.9. The van der Waals surface area contributed by atoms with E-state index in [4.69, 9.17) is 32.7 Å². The van der Waals surface area contributed by atoms with Crippen molar-refractivity contribution in [3.8, 4) is 11.5 Å². The molecule has 0 saturated carbocycles. The molecule has 2 aromatic rings. The maximum atomic E-state index is 12.3. The summed E-state index contributed by atoms with van der Waals surface area (Å²) in [5.74, 6) is 1.22. The largest absolute Gasteiger partial charge is 0.495 e. The standard InChI is InChI=1S/C18H19Cl2NO3/c1-21(15-6-3-4-7-17(15)23-2)18(22)8-5-11-24-16-10-9-13(19)12-14(16)20/h3-4,6-7,9-10,12H,5,8,11H2,1-2H3. The summed E-state index contributed by atoms with van der Waals surface area (Å²) in [7, 11) is 3.32. The molecular weight excluding hydrogens is 349 g/mol. The third kappa shape index (κ3) is 4.79. The molecule has 0 unspecified atom stereocenters. The zero-order valence-electron chi connectivity index (χ0n) is 13.6. The summed E-state index contributed by atoms with van der Waals surface area (Å²) in [5, 5.41) is 1.01. The lowest BCUT2D eigenvalue weighted by molar-refractivity contribution is -0.118. The lowest BCUT2D eigenvalue weighted by Crippen LogP contribution is -2.26.